The fourth-order valence-corrected chi connectivity index (χ4v) is 4.83. The van der Waals surface area contributed by atoms with Crippen molar-refractivity contribution >= 4 is 21.6 Å². The fourth-order valence-electron chi connectivity index (χ4n) is 3.46. The van der Waals surface area contributed by atoms with Crippen molar-refractivity contribution in [2.75, 3.05) is 17.2 Å². The van der Waals surface area contributed by atoms with E-state index in [-0.39, 0.29) is 23.7 Å². The highest BCUT2D eigenvalue weighted by Crippen LogP contribution is 2.36. The van der Waals surface area contributed by atoms with E-state index in [2.05, 4.69) is 0 Å². The van der Waals surface area contributed by atoms with Gasteiger partial charge in [0.25, 0.3) is 0 Å². The molecule has 2 heterocycles. The van der Waals surface area contributed by atoms with Crippen LogP contribution >= 0.6 is 0 Å². The number of hydrogen-bond donors (Lipinski definition) is 0. The van der Waals surface area contributed by atoms with Crippen molar-refractivity contribution in [2.24, 2.45) is 0 Å². The standard InChI is InChI=1S/C15H20N2O3S/c1-2-21(19,20)16-11-10-14-13(16)8-9-15(18)17(14)12-6-4-3-5-7-12/h3-7,13-14H,2,8-11H2,1H3/t13-,14+/m0/s1. The van der Waals surface area contributed by atoms with Crippen LogP contribution in [0.15, 0.2) is 30.3 Å². The summed E-state index contributed by atoms with van der Waals surface area (Å²) >= 11 is 0. The van der Waals surface area contributed by atoms with Crippen LogP contribution in [-0.2, 0) is 14.8 Å². The Morgan fingerprint density at radius 2 is 1.86 bits per heavy atom. The van der Waals surface area contributed by atoms with Gasteiger partial charge < -0.3 is 4.90 Å². The van der Waals surface area contributed by atoms with Crippen LogP contribution in [0, 0.1) is 0 Å². The highest BCUT2D eigenvalue weighted by molar-refractivity contribution is 7.89. The number of fused-ring (bicyclic) bond motifs is 1. The first-order chi connectivity index (χ1) is 10.0. The number of amides is 1. The monoisotopic (exact) mass is 308 g/mol. The molecule has 3 rings (SSSR count). The zero-order valence-electron chi connectivity index (χ0n) is 12.1. The van der Waals surface area contributed by atoms with E-state index in [0.29, 0.717) is 25.8 Å². The van der Waals surface area contributed by atoms with Gasteiger partial charge in [-0.1, -0.05) is 18.2 Å². The average Bonchev–Trinajstić information content (AvgIpc) is 2.92. The minimum atomic E-state index is -3.20. The molecular formula is C15H20N2O3S. The van der Waals surface area contributed by atoms with Gasteiger partial charge in [-0.15, -0.1) is 0 Å². The molecule has 0 radical (unpaired) electrons. The van der Waals surface area contributed by atoms with Crippen molar-refractivity contribution in [1.82, 2.24) is 4.31 Å². The number of rotatable bonds is 3. The Labute approximate surface area is 125 Å². The van der Waals surface area contributed by atoms with Crippen molar-refractivity contribution in [1.29, 1.82) is 0 Å². The summed E-state index contributed by atoms with van der Waals surface area (Å²) < 4.78 is 26.0. The molecule has 2 saturated heterocycles. The molecular weight excluding hydrogens is 288 g/mol. The molecule has 0 aromatic heterocycles. The molecule has 0 unspecified atom stereocenters. The van der Waals surface area contributed by atoms with Gasteiger partial charge in [0, 0.05) is 24.7 Å². The number of sulfonamides is 1. The summed E-state index contributed by atoms with van der Waals surface area (Å²) in [6.45, 7) is 2.19. The molecule has 0 saturated carbocycles. The van der Waals surface area contributed by atoms with E-state index in [4.69, 9.17) is 0 Å². The molecule has 6 heteroatoms. The fraction of sp³-hybridized carbons (Fsp3) is 0.533. The molecule has 2 fully saturated rings. The summed E-state index contributed by atoms with van der Waals surface area (Å²) in [7, 11) is -3.20. The van der Waals surface area contributed by atoms with Gasteiger partial charge in [-0.3, -0.25) is 4.79 Å². The van der Waals surface area contributed by atoms with E-state index in [9.17, 15) is 13.2 Å². The summed E-state index contributed by atoms with van der Waals surface area (Å²) in [5.74, 6) is 0.216. The van der Waals surface area contributed by atoms with Crippen molar-refractivity contribution < 1.29 is 13.2 Å². The molecule has 5 nitrogen and oxygen atoms in total. The van der Waals surface area contributed by atoms with Gasteiger partial charge in [0.1, 0.15) is 0 Å². The third-order valence-corrected chi connectivity index (χ3v) is 6.37. The third-order valence-electron chi connectivity index (χ3n) is 4.47. The number of para-hydroxylation sites is 1. The third kappa shape index (κ3) is 2.46. The number of anilines is 1. The van der Waals surface area contributed by atoms with E-state index < -0.39 is 10.0 Å². The number of piperidine rings is 1. The van der Waals surface area contributed by atoms with E-state index in [1.54, 1.807) is 16.1 Å². The van der Waals surface area contributed by atoms with Crippen molar-refractivity contribution in [3.05, 3.63) is 30.3 Å². The Morgan fingerprint density at radius 3 is 2.52 bits per heavy atom. The molecule has 1 amide bonds. The van der Waals surface area contributed by atoms with Crippen LogP contribution in [0.25, 0.3) is 0 Å². The Bertz CT molecular complexity index is 630. The van der Waals surface area contributed by atoms with Crippen LogP contribution in [0.1, 0.15) is 26.2 Å². The van der Waals surface area contributed by atoms with Crippen molar-refractivity contribution in [3.8, 4) is 0 Å². The Kier molecular flexibility index (Phi) is 3.75. The van der Waals surface area contributed by atoms with E-state index in [0.717, 1.165) is 5.69 Å². The van der Waals surface area contributed by atoms with Crippen LogP contribution in [-0.4, -0.2) is 43.0 Å². The highest BCUT2D eigenvalue weighted by atomic mass is 32.2. The van der Waals surface area contributed by atoms with Crippen LogP contribution in [0.5, 0.6) is 0 Å². The molecule has 21 heavy (non-hydrogen) atoms. The Hall–Kier alpha value is -1.40. The van der Waals surface area contributed by atoms with E-state index in [1.807, 2.05) is 30.3 Å². The molecule has 114 valence electrons. The van der Waals surface area contributed by atoms with Gasteiger partial charge >= 0.3 is 0 Å². The number of carbonyl (C=O) groups excluding carboxylic acids is 1. The van der Waals surface area contributed by atoms with E-state index >= 15 is 0 Å². The van der Waals surface area contributed by atoms with Crippen molar-refractivity contribution in [2.45, 2.75) is 38.3 Å². The SMILES string of the molecule is CCS(=O)(=O)N1CC[C@@H]2[C@@H]1CCC(=O)N2c1ccccc1. The van der Waals surface area contributed by atoms with Gasteiger partial charge in [0.05, 0.1) is 11.8 Å². The largest absolute Gasteiger partial charge is 0.308 e. The maximum atomic E-state index is 12.3. The van der Waals surface area contributed by atoms with Gasteiger partial charge in [-0.05, 0) is 31.9 Å². The topological polar surface area (TPSA) is 57.7 Å². The Morgan fingerprint density at radius 1 is 1.14 bits per heavy atom. The number of nitrogens with zero attached hydrogens (tertiary/aromatic N) is 2. The summed E-state index contributed by atoms with van der Waals surface area (Å²) in [6.07, 6.45) is 1.75. The smallest absolute Gasteiger partial charge is 0.227 e. The minimum absolute atomic E-state index is 0.0324. The maximum Gasteiger partial charge on any atom is 0.227 e. The second kappa shape index (κ2) is 5.42. The first-order valence-electron chi connectivity index (χ1n) is 7.41. The molecule has 0 aliphatic carbocycles. The first kappa shape index (κ1) is 14.5. The lowest BCUT2D eigenvalue weighted by Crippen LogP contribution is -2.53. The van der Waals surface area contributed by atoms with Crippen molar-refractivity contribution in [3.63, 3.8) is 0 Å². The summed E-state index contributed by atoms with van der Waals surface area (Å²) in [4.78, 5) is 14.1. The molecule has 0 spiro atoms. The van der Waals surface area contributed by atoms with Crippen LogP contribution in [0.2, 0.25) is 0 Å². The lowest BCUT2D eigenvalue weighted by Gasteiger charge is -2.39. The molecule has 1 aromatic rings. The summed E-state index contributed by atoms with van der Waals surface area (Å²) in [5.41, 5.74) is 0.868. The minimum Gasteiger partial charge on any atom is -0.308 e. The number of hydrogen-bond acceptors (Lipinski definition) is 3. The number of carbonyl (C=O) groups is 1. The molecule has 0 N–H and O–H groups in total. The second-order valence-corrected chi connectivity index (χ2v) is 7.78. The summed E-state index contributed by atoms with van der Waals surface area (Å²) in [6, 6.07) is 9.44. The predicted molar refractivity (Wildman–Crippen MR) is 81.5 cm³/mol. The van der Waals surface area contributed by atoms with Crippen LogP contribution in [0.4, 0.5) is 5.69 Å². The quantitative estimate of drug-likeness (QED) is 0.852. The predicted octanol–water partition coefficient (Wildman–Crippen LogP) is 1.61. The first-order valence-corrected chi connectivity index (χ1v) is 9.02. The molecule has 1 aromatic carbocycles. The van der Waals surface area contributed by atoms with Gasteiger partial charge in [0.2, 0.25) is 15.9 Å². The molecule has 2 aliphatic heterocycles. The average molecular weight is 308 g/mol. The van der Waals surface area contributed by atoms with Crippen LogP contribution < -0.4 is 4.90 Å². The second-order valence-electron chi connectivity index (χ2n) is 5.57. The van der Waals surface area contributed by atoms with Crippen LogP contribution in [0.3, 0.4) is 0 Å². The normalized spacial score (nSPS) is 26.9. The van der Waals surface area contributed by atoms with Gasteiger partial charge in [-0.25, -0.2) is 8.42 Å². The molecule has 2 atom stereocenters. The lowest BCUT2D eigenvalue weighted by atomic mass is 9.96. The maximum absolute atomic E-state index is 12.3. The Balaban J connectivity index is 1.93. The zero-order chi connectivity index (χ0) is 15.0. The molecule has 0 bridgehead atoms. The van der Waals surface area contributed by atoms with E-state index in [1.165, 1.54) is 0 Å². The van der Waals surface area contributed by atoms with Gasteiger partial charge in [0.15, 0.2) is 0 Å². The zero-order valence-corrected chi connectivity index (χ0v) is 12.9. The summed E-state index contributed by atoms with van der Waals surface area (Å²) in [5, 5.41) is 0. The highest BCUT2D eigenvalue weighted by Gasteiger charge is 2.47. The number of benzene rings is 1. The lowest BCUT2D eigenvalue weighted by molar-refractivity contribution is -0.120. The van der Waals surface area contributed by atoms with Gasteiger partial charge in [-0.2, -0.15) is 4.31 Å². The molecule has 2 aliphatic rings.